The van der Waals surface area contributed by atoms with Gasteiger partial charge in [-0.3, -0.25) is 14.4 Å². The lowest BCUT2D eigenvalue weighted by Crippen LogP contribution is -2.40. The van der Waals surface area contributed by atoms with Crippen LogP contribution in [0.3, 0.4) is 0 Å². The highest BCUT2D eigenvalue weighted by atomic mass is 16.5. The maximum Gasteiger partial charge on any atom is 0.338 e. The largest absolute Gasteiger partial charge is 0.452 e. The number of benzene rings is 3. The van der Waals surface area contributed by atoms with Gasteiger partial charge in [-0.2, -0.15) is 0 Å². The van der Waals surface area contributed by atoms with Gasteiger partial charge in [-0.15, -0.1) is 0 Å². The van der Waals surface area contributed by atoms with Crippen molar-refractivity contribution in [3.8, 4) is 0 Å². The van der Waals surface area contributed by atoms with Gasteiger partial charge in [0.25, 0.3) is 17.7 Å². The number of rotatable bonds is 5. The number of hydrogen-bond donors (Lipinski definition) is 1. The van der Waals surface area contributed by atoms with Gasteiger partial charge in [-0.05, 0) is 48.7 Å². The third-order valence-corrected chi connectivity index (χ3v) is 4.84. The van der Waals surface area contributed by atoms with Crippen LogP contribution in [0.15, 0.2) is 60.7 Å². The van der Waals surface area contributed by atoms with Crippen LogP contribution >= 0.6 is 0 Å². The van der Waals surface area contributed by atoms with E-state index in [2.05, 4.69) is 5.32 Å². The molecular formula is C23H18N2O5. The summed E-state index contributed by atoms with van der Waals surface area (Å²) in [6.07, 6.45) is 0. The van der Waals surface area contributed by atoms with E-state index in [1.807, 2.05) is 12.1 Å². The molecule has 1 aliphatic heterocycles. The molecule has 0 atom stereocenters. The van der Waals surface area contributed by atoms with E-state index in [9.17, 15) is 19.2 Å². The standard InChI is InChI=1S/C23H18N2O5/c1-2-24-19(26)13-30-23(29)15-9-11-16(12-10-15)25-21(27)17-7-3-5-14-6-4-8-18(20(14)17)22(25)28/h3-12H,2,13H2,1H3,(H,24,26). The molecule has 0 radical (unpaired) electrons. The Morgan fingerprint density at radius 3 is 2.07 bits per heavy atom. The van der Waals surface area contributed by atoms with Crippen molar-refractivity contribution in [2.45, 2.75) is 6.92 Å². The summed E-state index contributed by atoms with van der Waals surface area (Å²) in [7, 11) is 0. The first kappa shape index (κ1) is 19.3. The van der Waals surface area contributed by atoms with Gasteiger partial charge in [0.05, 0.1) is 11.3 Å². The van der Waals surface area contributed by atoms with E-state index in [1.54, 1.807) is 31.2 Å². The summed E-state index contributed by atoms with van der Waals surface area (Å²) in [5, 5.41) is 4.01. The fraction of sp³-hybridized carbons (Fsp3) is 0.130. The molecule has 7 nitrogen and oxygen atoms in total. The predicted octanol–water partition coefficient (Wildman–Crippen LogP) is 2.93. The fourth-order valence-electron chi connectivity index (χ4n) is 3.47. The molecule has 0 saturated carbocycles. The maximum atomic E-state index is 13.0. The zero-order valence-corrected chi connectivity index (χ0v) is 16.2. The van der Waals surface area contributed by atoms with Crippen molar-refractivity contribution in [3.63, 3.8) is 0 Å². The monoisotopic (exact) mass is 402 g/mol. The van der Waals surface area contributed by atoms with Crippen molar-refractivity contribution in [2.24, 2.45) is 0 Å². The number of ether oxygens (including phenoxy) is 1. The molecule has 3 amide bonds. The van der Waals surface area contributed by atoms with Gasteiger partial charge in [0.2, 0.25) is 0 Å². The minimum absolute atomic E-state index is 0.211. The second-order valence-electron chi connectivity index (χ2n) is 6.73. The van der Waals surface area contributed by atoms with Crippen LogP contribution in [0.2, 0.25) is 0 Å². The molecule has 0 saturated heterocycles. The zero-order chi connectivity index (χ0) is 21.3. The molecule has 7 heteroatoms. The molecule has 0 aliphatic carbocycles. The summed E-state index contributed by atoms with van der Waals surface area (Å²) in [6, 6.07) is 16.6. The second-order valence-corrected chi connectivity index (χ2v) is 6.73. The Kier molecular flexibility index (Phi) is 5.02. The highest BCUT2D eigenvalue weighted by Gasteiger charge is 2.33. The molecule has 30 heavy (non-hydrogen) atoms. The first-order chi connectivity index (χ1) is 14.5. The first-order valence-corrected chi connectivity index (χ1v) is 9.45. The summed E-state index contributed by atoms with van der Waals surface area (Å²) in [4.78, 5) is 50.7. The molecule has 150 valence electrons. The Morgan fingerprint density at radius 2 is 1.50 bits per heavy atom. The van der Waals surface area contributed by atoms with E-state index < -0.39 is 17.8 Å². The first-order valence-electron chi connectivity index (χ1n) is 9.45. The predicted molar refractivity (Wildman–Crippen MR) is 110 cm³/mol. The number of anilines is 1. The van der Waals surface area contributed by atoms with E-state index in [0.717, 1.165) is 10.3 Å². The summed E-state index contributed by atoms with van der Waals surface area (Å²) >= 11 is 0. The maximum absolute atomic E-state index is 13.0. The van der Waals surface area contributed by atoms with Crippen molar-refractivity contribution in [3.05, 3.63) is 77.4 Å². The van der Waals surface area contributed by atoms with Crippen LogP contribution in [-0.2, 0) is 9.53 Å². The highest BCUT2D eigenvalue weighted by Crippen LogP contribution is 2.32. The number of imide groups is 1. The molecule has 0 bridgehead atoms. The van der Waals surface area contributed by atoms with E-state index >= 15 is 0 Å². The average Bonchev–Trinajstić information content (AvgIpc) is 2.76. The van der Waals surface area contributed by atoms with E-state index in [0.29, 0.717) is 28.7 Å². The number of carbonyl (C=O) groups excluding carboxylic acids is 4. The minimum atomic E-state index is -0.667. The molecule has 3 aromatic carbocycles. The van der Waals surface area contributed by atoms with Gasteiger partial charge in [0, 0.05) is 23.1 Å². The van der Waals surface area contributed by atoms with Crippen LogP contribution in [0.4, 0.5) is 5.69 Å². The number of nitrogens with one attached hydrogen (secondary N) is 1. The lowest BCUT2D eigenvalue weighted by atomic mass is 9.94. The fourth-order valence-corrected chi connectivity index (χ4v) is 3.47. The second kappa shape index (κ2) is 7.79. The minimum Gasteiger partial charge on any atom is -0.452 e. The van der Waals surface area contributed by atoms with Crippen molar-refractivity contribution < 1.29 is 23.9 Å². The Balaban J connectivity index is 1.59. The van der Waals surface area contributed by atoms with Gasteiger partial charge in [0.1, 0.15) is 0 Å². The van der Waals surface area contributed by atoms with Crippen LogP contribution in [0, 0.1) is 0 Å². The SMILES string of the molecule is CCNC(=O)COC(=O)c1ccc(N2C(=O)c3cccc4cccc(c34)C2=O)cc1. The summed E-state index contributed by atoms with van der Waals surface area (Å²) < 4.78 is 4.96. The Bertz CT molecular complexity index is 1130. The van der Waals surface area contributed by atoms with Crippen LogP contribution in [0.25, 0.3) is 10.8 Å². The molecule has 1 N–H and O–H groups in total. The lowest BCUT2D eigenvalue weighted by molar-refractivity contribution is -0.124. The van der Waals surface area contributed by atoms with E-state index in [-0.39, 0.29) is 18.1 Å². The number of likely N-dealkylation sites (N-methyl/N-ethyl adjacent to an activating group) is 1. The van der Waals surface area contributed by atoms with Gasteiger partial charge in [-0.25, -0.2) is 9.69 Å². The number of amides is 3. The lowest BCUT2D eigenvalue weighted by Gasteiger charge is -2.27. The van der Waals surface area contributed by atoms with Crippen LogP contribution in [0.5, 0.6) is 0 Å². The number of carbonyl (C=O) groups is 4. The van der Waals surface area contributed by atoms with Gasteiger partial charge >= 0.3 is 5.97 Å². The molecule has 0 unspecified atom stereocenters. The Morgan fingerprint density at radius 1 is 0.900 bits per heavy atom. The third kappa shape index (κ3) is 3.30. The average molecular weight is 402 g/mol. The highest BCUT2D eigenvalue weighted by molar-refractivity contribution is 6.35. The number of nitrogens with zero attached hydrogens (tertiary/aromatic N) is 1. The normalized spacial score (nSPS) is 12.8. The third-order valence-electron chi connectivity index (χ3n) is 4.84. The summed E-state index contributed by atoms with van der Waals surface area (Å²) in [6.45, 7) is 1.83. The van der Waals surface area contributed by atoms with Gasteiger partial charge < -0.3 is 10.1 Å². The van der Waals surface area contributed by atoms with Gasteiger partial charge in [-0.1, -0.05) is 24.3 Å². The Labute approximate surface area is 172 Å². The van der Waals surface area contributed by atoms with E-state index in [4.69, 9.17) is 4.74 Å². The van der Waals surface area contributed by atoms with E-state index in [1.165, 1.54) is 24.3 Å². The van der Waals surface area contributed by atoms with Crippen molar-refractivity contribution in [1.29, 1.82) is 0 Å². The zero-order valence-electron chi connectivity index (χ0n) is 16.2. The van der Waals surface area contributed by atoms with Crippen LogP contribution in [-0.4, -0.2) is 36.8 Å². The van der Waals surface area contributed by atoms with Crippen molar-refractivity contribution in [2.75, 3.05) is 18.1 Å². The Hall–Kier alpha value is -4.00. The molecule has 3 aromatic rings. The molecule has 0 fully saturated rings. The number of esters is 1. The summed E-state index contributed by atoms with van der Waals surface area (Å²) in [5.74, 6) is -1.90. The molecule has 1 aliphatic rings. The molecule has 4 rings (SSSR count). The van der Waals surface area contributed by atoms with Crippen molar-refractivity contribution >= 4 is 40.2 Å². The van der Waals surface area contributed by atoms with Crippen LogP contribution in [0.1, 0.15) is 38.0 Å². The molecule has 0 spiro atoms. The molecule has 1 heterocycles. The van der Waals surface area contributed by atoms with Crippen molar-refractivity contribution in [1.82, 2.24) is 5.32 Å². The topological polar surface area (TPSA) is 92.8 Å². The molecular weight excluding hydrogens is 384 g/mol. The number of hydrogen-bond acceptors (Lipinski definition) is 5. The summed E-state index contributed by atoms with van der Waals surface area (Å²) in [5.41, 5.74) is 1.46. The quantitative estimate of drug-likeness (QED) is 0.523. The van der Waals surface area contributed by atoms with Gasteiger partial charge in [0.15, 0.2) is 6.61 Å². The van der Waals surface area contributed by atoms with Crippen LogP contribution < -0.4 is 10.2 Å². The molecule has 0 aromatic heterocycles. The smallest absolute Gasteiger partial charge is 0.338 e.